The Morgan fingerprint density at radius 1 is 1.11 bits per heavy atom. The van der Waals surface area contributed by atoms with E-state index in [1.54, 1.807) is 48.5 Å². The van der Waals surface area contributed by atoms with Gasteiger partial charge in [0.1, 0.15) is 22.5 Å². The third-order valence-corrected chi connectivity index (χ3v) is 4.26. The molecule has 0 bridgehead atoms. The van der Waals surface area contributed by atoms with Crippen LogP contribution in [-0.4, -0.2) is 28.3 Å². The van der Waals surface area contributed by atoms with Gasteiger partial charge in [0.15, 0.2) is 11.3 Å². The van der Waals surface area contributed by atoms with Crippen molar-refractivity contribution >= 4 is 17.1 Å². The van der Waals surface area contributed by atoms with Crippen molar-refractivity contribution in [2.75, 3.05) is 7.11 Å². The van der Waals surface area contributed by atoms with Gasteiger partial charge in [0.25, 0.3) is 0 Å². The molecule has 27 heavy (non-hydrogen) atoms. The maximum Gasteiger partial charge on any atom is 0.338 e. The number of ether oxygens (including phenoxy) is 1. The van der Waals surface area contributed by atoms with Gasteiger partial charge in [-0.15, -0.1) is 0 Å². The number of aromatic hydroxyl groups is 1. The number of rotatable bonds is 3. The van der Waals surface area contributed by atoms with Gasteiger partial charge in [0, 0.05) is 0 Å². The van der Waals surface area contributed by atoms with E-state index < -0.39 is 17.1 Å². The standard InChI is InChI=1S/C20H13NO6/c1-26-11-8-6-10(7-9-11)14-15(20(24)25)16-19(18(23)17(14)22)27-13-5-3-2-4-12(13)21-16/h2-9,23H,1H3,(H,24,25). The molecule has 1 heterocycles. The number of carboxylic acid groups (broad SMARTS) is 1. The number of fused-ring (bicyclic) bond motifs is 2. The molecule has 1 aliphatic heterocycles. The van der Waals surface area contributed by atoms with Crippen LogP contribution in [0.2, 0.25) is 0 Å². The molecule has 0 saturated carbocycles. The van der Waals surface area contributed by atoms with Crippen molar-refractivity contribution in [2.24, 2.45) is 0 Å². The number of para-hydroxylation sites is 2. The molecule has 0 aromatic heterocycles. The van der Waals surface area contributed by atoms with Crippen molar-refractivity contribution in [3.05, 3.63) is 64.3 Å². The maximum atomic E-state index is 12.8. The number of methoxy groups -OCH3 is 1. The number of carboxylic acids is 1. The number of phenols is 1. The van der Waals surface area contributed by atoms with Crippen molar-refractivity contribution in [3.63, 3.8) is 0 Å². The molecule has 0 unspecified atom stereocenters. The van der Waals surface area contributed by atoms with Crippen LogP contribution < -0.4 is 10.2 Å². The molecule has 0 atom stereocenters. The fraction of sp³-hybridized carbons (Fsp3) is 0.0500. The maximum absolute atomic E-state index is 12.8. The second kappa shape index (κ2) is 6.14. The summed E-state index contributed by atoms with van der Waals surface area (Å²) in [6.45, 7) is 0. The quantitative estimate of drug-likeness (QED) is 0.537. The number of aromatic nitrogens is 1. The zero-order chi connectivity index (χ0) is 19.1. The molecule has 7 nitrogen and oxygen atoms in total. The van der Waals surface area contributed by atoms with Gasteiger partial charge in [0.2, 0.25) is 11.2 Å². The summed E-state index contributed by atoms with van der Waals surface area (Å²) in [5.74, 6) is -1.74. The van der Waals surface area contributed by atoms with Gasteiger partial charge < -0.3 is 19.4 Å². The zero-order valence-electron chi connectivity index (χ0n) is 14.1. The van der Waals surface area contributed by atoms with Gasteiger partial charge in [-0.1, -0.05) is 24.3 Å². The third-order valence-electron chi connectivity index (χ3n) is 4.26. The largest absolute Gasteiger partial charge is 0.501 e. The summed E-state index contributed by atoms with van der Waals surface area (Å²) in [5, 5.41) is 20.2. The van der Waals surface area contributed by atoms with E-state index >= 15 is 0 Å². The van der Waals surface area contributed by atoms with Crippen LogP contribution in [0.5, 0.6) is 11.5 Å². The number of benzene rings is 3. The van der Waals surface area contributed by atoms with Crippen LogP contribution in [0.3, 0.4) is 0 Å². The Labute approximate surface area is 152 Å². The Balaban J connectivity index is 2.14. The minimum absolute atomic E-state index is 0.0934. The SMILES string of the molecule is COc1ccc(-c2c(C(=O)O)c3nc4ccccc4oc-3c(O)c2=O)cc1. The number of phenolic OH excluding ortho intramolecular Hbond substituents is 1. The van der Waals surface area contributed by atoms with Crippen molar-refractivity contribution in [2.45, 2.75) is 0 Å². The van der Waals surface area contributed by atoms with Crippen LogP contribution in [0.4, 0.5) is 0 Å². The van der Waals surface area contributed by atoms with Gasteiger partial charge in [-0.2, -0.15) is 0 Å². The second-order valence-electron chi connectivity index (χ2n) is 5.82. The number of carbonyl (C=O) groups is 1. The van der Waals surface area contributed by atoms with E-state index in [2.05, 4.69) is 4.98 Å². The highest BCUT2D eigenvalue weighted by atomic mass is 16.5. The topological polar surface area (TPSA) is 110 Å². The molecule has 0 spiro atoms. The van der Waals surface area contributed by atoms with Gasteiger partial charge in [-0.25, -0.2) is 9.78 Å². The minimum Gasteiger partial charge on any atom is -0.501 e. The van der Waals surface area contributed by atoms with E-state index in [1.165, 1.54) is 7.11 Å². The van der Waals surface area contributed by atoms with Crippen molar-refractivity contribution in [1.29, 1.82) is 0 Å². The predicted molar refractivity (Wildman–Crippen MR) is 97.5 cm³/mol. The Kier molecular flexibility index (Phi) is 3.77. The Morgan fingerprint density at radius 2 is 1.81 bits per heavy atom. The zero-order valence-corrected chi connectivity index (χ0v) is 14.1. The molecule has 0 amide bonds. The third kappa shape index (κ3) is 2.56. The Morgan fingerprint density at radius 3 is 2.48 bits per heavy atom. The molecule has 2 N–H and O–H groups in total. The summed E-state index contributed by atoms with van der Waals surface area (Å²) in [7, 11) is 1.50. The predicted octanol–water partition coefficient (Wildman–Crippen LogP) is 3.37. The van der Waals surface area contributed by atoms with E-state index in [1.807, 2.05) is 0 Å². The van der Waals surface area contributed by atoms with E-state index in [9.17, 15) is 19.8 Å². The number of hydrogen-bond acceptors (Lipinski definition) is 6. The van der Waals surface area contributed by atoms with E-state index in [0.29, 0.717) is 22.4 Å². The van der Waals surface area contributed by atoms with Crippen molar-refractivity contribution < 1.29 is 24.2 Å². The fourth-order valence-electron chi connectivity index (χ4n) is 2.99. The first-order valence-electron chi connectivity index (χ1n) is 7.97. The number of hydrogen-bond donors (Lipinski definition) is 2. The van der Waals surface area contributed by atoms with Gasteiger partial charge in [-0.3, -0.25) is 4.79 Å². The lowest BCUT2D eigenvalue weighted by Gasteiger charge is -2.14. The Bertz CT molecular complexity index is 1210. The molecule has 1 aliphatic carbocycles. The summed E-state index contributed by atoms with van der Waals surface area (Å²) in [4.78, 5) is 29.1. The second-order valence-corrected chi connectivity index (χ2v) is 5.82. The first kappa shape index (κ1) is 16.6. The summed E-state index contributed by atoms with van der Waals surface area (Å²) in [6, 6.07) is 13.0. The number of aromatic carboxylic acids is 1. The minimum atomic E-state index is -1.35. The highest BCUT2D eigenvalue weighted by Gasteiger charge is 2.30. The molecule has 2 aliphatic rings. The van der Waals surface area contributed by atoms with Gasteiger partial charge in [-0.05, 0) is 29.8 Å². The molecule has 0 radical (unpaired) electrons. The lowest BCUT2D eigenvalue weighted by atomic mass is 9.94. The molecule has 0 saturated heterocycles. The molecule has 7 heteroatoms. The van der Waals surface area contributed by atoms with Crippen LogP contribution >= 0.6 is 0 Å². The molecule has 0 fully saturated rings. The van der Waals surface area contributed by atoms with E-state index in [-0.39, 0.29) is 22.6 Å². The summed E-state index contributed by atoms with van der Waals surface area (Å²) < 4.78 is 10.7. The molecule has 2 aromatic carbocycles. The van der Waals surface area contributed by atoms with E-state index in [4.69, 9.17) is 9.15 Å². The summed E-state index contributed by atoms with van der Waals surface area (Å²) >= 11 is 0. The molecule has 2 aromatic rings. The molecular formula is C20H13NO6. The normalized spacial score (nSPS) is 11.0. The average Bonchev–Trinajstić information content (AvgIpc) is 2.69. The Hall–Kier alpha value is -3.87. The van der Waals surface area contributed by atoms with Gasteiger partial charge in [0.05, 0.1) is 12.7 Å². The highest BCUT2D eigenvalue weighted by Crippen LogP contribution is 2.38. The monoisotopic (exact) mass is 363 g/mol. The summed E-state index contributed by atoms with van der Waals surface area (Å²) in [6.07, 6.45) is 0. The lowest BCUT2D eigenvalue weighted by molar-refractivity contribution is 0.0698. The van der Waals surface area contributed by atoms with Crippen LogP contribution in [0.1, 0.15) is 10.4 Å². The van der Waals surface area contributed by atoms with Crippen LogP contribution in [0.15, 0.2) is 57.7 Å². The fourth-order valence-corrected chi connectivity index (χ4v) is 2.99. The molecular weight excluding hydrogens is 350 g/mol. The van der Waals surface area contributed by atoms with Crippen LogP contribution in [0, 0.1) is 0 Å². The smallest absolute Gasteiger partial charge is 0.338 e. The highest BCUT2D eigenvalue weighted by molar-refractivity contribution is 6.04. The lowest BCUT2D eigenvalue weighted by Crippen LogP contribution is -2.16. The van der Waals surface area contributed by atoms with Gasteiger partial charge >= 0.3 is 5.97 Å². The van der Waals surface area contributed by atoms with Crippen molar-refractivity contribution in [1.82, 2.24) is 4.98 Å². The van der Waals surface area contributed by atoms with E-state index in [0.717, 1.165) is 0 Å². The summed E-state index contributed by atoms with van der Waals surface area (Å²) in [5.41, 5.74) is -0.361. The number of nitrogens with zero attached hydrogens (tertiary/aromatic N) is 1. The molecule has 4 rings (SSSR count). The average molecular weight is 363 g/mol. The first-order chi connectivity index (χ1) is 13.0. The molecule has 134 valence electrons. The van der Waals surface area contributed by atoms with Crippen LogP contribution in [-0.2, 0) is 0 Å². The van der Waals surface area contributed by atoms with Crippen molar-refractivity contribution in [3.8, 4) is 34.1 Å². The first-order valence-corrected chi connectivity index (χ1v) is 7.97. The van der Waals surface area contributed by atoms with Crippen LogP contribution in [0.25, 0.3) is 33.7 Å².